The van der Waals surface area contributed by atoms with Crippen molar-refractivity contribution in [2.75, 3.05) is 18.5 Å². The fourth-order valence-electron chi connectivity index (χ4n) is 3.81. The minimum atomic E-state index is -0.0660. The molecule has 1 aliphatic rings. The van der Waals surface area contributed by atoms with Gasteiger partial charge in [0.2, 0.25) is 5.95 Å². The van der Waals surface area contributed by atoms with E-state index in [-0.39, 0.29) is 5.56 Å². The molecule has 4 aromatic rings. The number of H-pyrrole nitrogens is 1. The molecule has 30 heavy (non-hydrogen) atoms. The summed E-state index contributed by atoms with van der Waals surface area (Å²) in [4.78, 5) is 25.0. The van der Waals surface area contributed by atoms with Crippen LogP contribution in [-0.4, -0.2) is 38.8 Å². The maximum absolute atomic E-state index is 12.7. The highest BCUT2D eigenvalue weighted by Crippen LogP contribution is 2.19. The van der Waals surface area contributed by atoms with E-state index in [1.807, 2.05) is 36.5 Å². The Kier molecular flexibility index (Phi) is 5.03. The van der Waals surface area contributed by atoms with Crippen molar-refractivity contribution in [2.24, 2.45) is 0 Å². The lowest BCUT2D eigenvalue weighted by Crippen LogP contribution is -2.28. The van der Waals surface area contributed by atoms with Gasteiger partial charge >= 0.3 is 0 Å². The number of hydrogen-bond donors (Lipinski definition) is 2. The van der Waals surface area contributed by atoms with E-state index in [1.54, 1.807) is 16.8 Å². The summed E-state index contributed by atoms with van der Waals surface area (Å²) in [5, 5.41) is 4.51. The monoisotopic (exact) mass is 401 g/mol. The fourth-order valence-corrected chi connectivity index (χ4v) is 3.81. The number of aromatic amines is 1. The van der Waals surface area contributed by atoms with Crippen molar-refractivity contribution in [2.45, 2.75) is 25.4 Å². The van der Waals surface area contributed by atoms with E-state index >= 15 is 0 Å². The highest BCUT2D eigenvalue weighted by atomic mass is 16.5. The second-order valence-corrected chi connectivity index (χ2v) is 7.56. The molecule has 5 rings (SSSR count). The van der Waals surface area contributed by atoms with Crippen molar-refractivity contribution < 1.29 is 4.74 Å². The summed E-state index contributed by atoms with van der Waals surface area (Å²) in [6.07, 6.45) is 5.42. The number of nitrogens with one attached hydrogen (secondary N) is 2. The number of ether oxygens (including phenoxy) is 1. The molecule has 0 atom stereocenters. The lowest BCUT2D eigenvalue weighted by atomic mass is 10.1. The number of fused-ring (bicyclic) bond motifs is 1. The molecule has 2 N–H and O–H groups in total. The van der Waals surface area contributed by atoms with Crippen LogP contribution in [-0.2, 0) is 11.3 Å². The number of benzene rings is 1. The van der Waals surface area contributed by atoms with Gasteiger partial charge in [-0.2, -0.15) is 0 Å². The van der Waals surface area contributed by atoms with Crippen molar-refractivity contribution in [3.8, 4) is 11.3 Å². The zero-order valence-corrected chi connectivity index (χ0v) is 16.5. The molecule has 0 aliphatic carbocycles. The Labute approximate surface area is 173 Å². The highest BCUT2D eigenvalue weighted by molar-refractivity contribution is 5.80. The maximum atomic E-state index is 12.7. The first kappa shape index (κ1) is 18.6. The summed E-state index contributed by atoms with van der Waals surface area (Å²) >= 11 is 0. The SMILES string of the molecule is O=c1cc(-c2ccnc(NC3CCOCC3)n2)ccn1Cc1cc2ccccc2[nH]1. The second kappa shape index (κ2) is 8.12. The van der Waals surface area contributed by atoms with Crippen LogP contribution in [0.3, 0.4) is 0 Å². The van der Waals surface area contributed by atoms with Crippen LogP contribution in [0.15, 0.2) is 65.7 Å². The Balaban J connectivity index is 1.35. The lowest BCUT2D eigenvalue weighted by Gasteiger charge is -2.23. The third-order valence-corrected chi connectivity index (χ3v) is 5.43. The van der Waals surface area contributed by atoms with Crippen molar-refractivity contribution >= 4 is 16.9 Å². The van der Waals surface area contributed by atoms with Crippen molar-refractivity contribution in [3.05, 3.63) is 77.0 Å². The molecule has 7 heteroatoms. The molecular weight excluding hydrogens is 378 g/mol. The van der Waals surface area contributed by atoms with E-state index in [2.05, 4.69) is 32.4 Å². The number of rotatable bonds is 5. The van der Waals surface area contributed by atoms with Gasteiger partial charge in [0.25, 0.3) is 5.56 Å². The fraction of sp³-hybridized carbons (Fsp3) is 0.261. The van der Waals surface area contributed by atoms with Gasteiger partial charge in [-0.3, -0.25) is 4.79 Å². The van der Waals surface area contributed by atoms with Crippen LogP contribution in [0.1, 0.15) is 18.5 Å². The van der Waals surface area contributed by atoms with Crippen molar-refractivity contribution in [1.29, 1.82) is 0 Å². The number of para-hydroxylation sites is 1. The molecule has 0 bridgehead atoms. The average molecular weight is 401 g/mol. The Morgan fingerprint density at radius 1 is 1.13 bits per heavy atom. The first-order valence-corrected chi connectivity index (χ1v) is 10.2. The summed E-state index contributed by atoms with van der Waals surface area (Å²) in [6.45, 7) is 2.01. The van der Waals surface area contributed by atoms with Crippen molar-refractivity contribution in [3.63, 3.8) is 0 Å². The Hall–Kier alpha value is -3.45. The molecule has 0 spiro atoms. The predicted molar refractivity (Wildman–Crippen MR) is 117 cm³/mol. The van der Waals surface area contributed by atoms with Gasteiger partial charge in [-0.15, -0.1) is 0 Å². The van der Waals surface area contributed by atoms with Crippen LogP contribution in [0.25, 0.3) is 22.2 Å². The lowest BCUT2D eigenvalue weighted by molar-refractivity contribution is 0.0903. The van der Waals surface area contributed by atoms with E-state index in [1.165, 1.54) is 0 Å². The smallest absolute Gasteiger partial charge is 0.251 e. The van der Waals surface area contributed by atoms with Crippen LogP contribution in [0.4, 0.5) is 5.95 Å². The topological polar surface area (TPSA) is 84.8 Å². The molecular formula is C23H23N5O2. The molecule has 0 radical (unpaired) electrons. The van der Waals surface area contributed by atoms with E-state index in [0.717, 1.165) is 53.9 Å². The number of nitrogens with zero attached hydrogens (tertiary/aromatic N) is 3. The van der Waals surface area contributed by atoms with Gasteiger partial charge in [-0.1, -0.05) is 18.2 Å². The third kappa shape index (κ3) is 3.97. The van der Waals surface area contributed by atoms with E-state index in [9.17, 15) is 4.79 Å². The Morgan fingerprint density at radius 2 is 2.00 bits per heavy atom. The van der Waals surface area contributed by atoms with E-state index in [0.29, 0.717) is 18.5 Å². The maximum Gasteiger partial charge on any atom is 0.251 e. The van der Waals surface area contributed by atoms with E-state index in [4.69, 9.17) is 4.74 Å². The number of aromatic nitrogens is 4. The minimum Gasteiger partial charge on any atom is -0.381 e. The van der Waals surface area contributed by atoms with Crippen LogP contribution < -0.4 is 10.9 Å². The summed E-state index contributed by atoms with van der Waals surface area (Å²) in [6, 6.07) is 15.9. The largest absolute Gasteiger partial charge is 0.381 e. The summed E-state index contributed by atoms with van der Waals surface area (Å²) in [5.74, 6) is 0.585. The summed E-state index contributed by atoms with van der Waals surface area (Å²) < 4.78 is 7.09. The third-order valence-electron chi connectivity index (χ3n) is 5.43. The number of anilines is 1. The zero-order valence-electron chi connectivity index (χ0n) is 16.5. The normalized spacial score (nSPS) is 14.8. The molecule has 4 heterocycles. The minimum absolute atomic E-state index is 0.0660. The van der Waals surface area contributed by atoms with Crippen LogP contribution >= 0.6 is 0 Å². The predicted octanol–water partition coefficient (Wildman–Crippen LogP) is 3.43. The molecule has 1 fully saturated rings. The second-order valence-electron chi connectivity index (χ2n) is 7.56. The molecule has 0 saturated carbocycles. The zero-order chi connectivity index (χ0) is 20.3. The van der Waals surface area contributed by atoms with E-state index < -0.39 is 0 Å². The molecule has 7 nitrogen and oxygen atoms in total. The van der Waals surface area contributed by atoms with Gasteiger partial charge in [0.15, 0.2) is 0 Å². The standard InChI is InChI=1S/C23H23N5O2/c29-22-14-17(21-5-9-24-23(27-21)26-18-7-11-30-12-8-18)6-10-28(22)15-19-13-16-3-1-2-4-20(16)25-19/h1-6,9-10,13-14,18,25H,7-8,11-12,15H2,(H,24,26,27). The van der Waals surface area contributed by atoms with Gasteiger partial charge in [0, 0.05) is 54.5 Å². The van der Waals surface area contributed by atoms with Gasteiger partial charge in [0.1, 0.15) is 0 Å². The molecule has 1 aliphatic heterocycles. The summed E-state index contributed by atoms with van der Waals surface area (Å²) in [5.41, 5.74) is 3.52. The molecule has 3 aromatic heterocycles. The average Bonchev–Trinajstić information content (AvgIpc) is 3.18. The number of pyridine rings is 1. The first-order valence-electron chi connectivity index (χ1n) is 10.2. The highest BCUT2D eigenvalue weighted by Gasteiger charge is 2.15. The quantitative estimate of drug-likeness (QED) is 0.535. The van der Waals surface area contributed by atoms with Crippen LogP contribution in [0.5, 0.6) is 0 Å². The first-order chi connectivity index (χ1) is 14.7. The van der Waals surface area contributed by atoms with Crippen LogP contribution in [0, 0.1) is 0 Å². The van der Waals surface area contributed by atoms with Gasteiger partial charge in [-0.25, -0.2) is 9.97 Å². The molecule has 0 amide bonds. The van der Waals surface area contributed by atoms with Gasteiger partial charge < -0.3 is 19.6 Å². The Bertz CT molecular complexity index is 1190. The molecule has 1 saturated heterocycles. The molecule has 0 unspecified atom stereocenters. The van der Waals surface area contributed by atoms with Crippen LogP contribution in [0.2, 0.25) is 0 Å². The van der Waals surface area contributed by atoms with Gasteiger partial charge in [-0.05, 0) is 42.5 Å². The van der Waals surface area contributed by atoms with Crippen molar-refractivity contribution in [1.82, 2.24) is 19.5 Å². The Morgan fingerprint density at radius 3 is 2.83 bits per heavy atom. The molecule has 152 valence electrons. The number of hydrogen-bond acceptors (Lipinski definition) is 5. The molecule has 1 aromatic carbocycles. The summed E-state index contributed by atoms with van der Waals surface area (Å²) in [7, 11) is 0. The van der Waals surface area contributed by atoms with Gasteiger partial charge in [0.05, 0.1) is 12.2 Å².